The third kappa shape index (κ3) is 4.33. The molecule has 0 N–H and O–H groups in total. The minimum absolute atomic E-state index is 0.0178. The van der Waals surface area contributed by atoms with Crippen LogP contribution >= 0.6 is 0 Å². The van der Waals surface area contributed by atoms with E-state index in [4.69, 9.17) is 0 Å². The van der Waals surface area contributed by atoms with Crippen LogP contribution in [-0.2, 0) is 10.0 Å². The molecular formula is C21H29N3O2S. The Labute approximate surface area is 163 Å². The average Bonchev–Trinajstić information content (AvgIpc) is 2.73. The fraction of sp³-hybridized carbons (Fsp3) is 0.476. The van der Waals surface area contributed by atoms with Gasteiger partial charge in [0.05, 0.1) is 4.90 Å². The van der Waals surface area contributed by atoms with Gasteiger partial charge in [0.15, 0.2) is 0 Å². The van der Waals surface area contributed by atoms with Crippen LogP contribution in [0.3, 0.4) is 0 Å². The van der Waals surface area contributed by atoms with Gasteiger partial charge in [0.25, 0.3) is 0 Å². The monoisotopic (exact) mass is 387 g/mol. The summed E-state index contributed by atoms with van der Waals surface area (Å²) in [6.45, 7) is 5.93. The number of aromatic nitrogens is 1. The molecule has 0 unspecified atom stereocenters. The van der Waals surface area contributed by atoms with Gasteiger partial charge in [-0.05, 0) is 55.0 Å². The number of pyridine rings is 1. The molecule has 5 nitrogen and oxygen atoms in total. The van der Waals surface area contributed by atoms with Crippen LogP contribution in [0.1, 0.15) is 44.6 Å². The van der Waals surface area contributed by atoms with E-state index in [1.807, 2.05) is 30.3 Å². The van der Waals surface area contributed by atoms with Crippen molar-refractivity contribution in [3.8, 4) is 0 Å². The van der Waals surface area contributed by atoms with Crippen molar-refractivity contribution in [2.45, 2.75) is 50.0 Å². The molecule has 2 heterocycles. The van der Waals surface area contributed by atoms with E-state index in [1.165, 1.54) is 5.56 Å². The molecule has 1 aromatic carbocycles. The van der Waals surface area contributed by atoms with Gasteiger partial charge in [-0.25, -0.2) is 13.4 Å². The number of anilines is 1. The van der Waals surface area contributed by atoms with Crippen LogP contribution in [0.5, 0.6) is 0 Å². The molecule has 146 valence electrons. The van der Waals surface area contributed by atoms with Gasteiger partial charge in [-0.15, -0.1) is 0 Å². The Morgan fingerprint density at radius 1 is 1.15 bits per heavy atom. The summed E-state index contributed by atoms with van der Waals surface area (Å²) in [7, 11) is -1.76. The summed E-state index contributed by atoms with van der Waals surface area (Å²) in [6, 6.07) is 13.3. The van der Waals surface area contributed by atoms with Crippen LogP contribution < -0.4 is 4.90 Å². The van der Waals surface area contributed by atoms with E-state index in [0.29, 0.717) is 10.8 Å². The highest BCUT2D eigenvalue weighted by atomic mass is 32.2. The van der Waals surface area contributed by atoms with Gasteiger partial charge in [0, 0.05) is 32.4 Å². The van der Waals surface area contributed by atoms with E-state index >= 15 is 0 Å². The first-order valence-electron chi connectivity index (χ1n) is 9.67. The molecule has 0 bridgehead atoms. The molecule has 0 amide bonds. The lowest BCUT2D eigenvalue weighted by atomic mass is 9.99. The zero-order valence-corrected chi connectivity index (χ0v) is 17.2. The highest BCUT2D eigenvalue weighted by Gasteiger charge is 2.31. The van der Waals surface area contributed by atoms with Gasteiger partial charge in [-0.2, -0.15) is 4.31 Å². The summed E-state index contributed by atoms with van der Waals surface area (Å²) in [5.41, 5.74) is 1.18. The van der Waals surface area contributed by atoms with Crippen molar-refractivity contribution >= 4 is 15.8 Å². The summed E-state index contributed by atoms with van der Waals surface area (Å²) >= 11 is 0. The molecule has 1 aromatic heterocycles. The Kier molecular flexibility index (Phi) is 6.17. The number of nitrogens with zero attached hydrogens (tertiary/aromatic N) is 3. The van der Waals surface area contributed by atoms with Gasteiger partial charge in [0.1, 0.15) is 5.82 Å². The smallest absolute Gasteiger partial charge is 0.243 e. The lowest BCUT2D eigenvalue weighted by Crippen LogP contribution is -2.45. The van der Waals surface area contributed by atoms with E-state index in [1.54, 1.807) is 29.7 Å². The molecule has 1 saturated heterocycles. The molecule has 1 atom stereocenters. The second kappa shape index (κ2) is 8.40. The summed E-state index contributed by atoms with van der Waals surface area (Å²) in [6.07, 6.45) is 4.44. The van der Waals surface area contributed by atoms with Crippen molar-refractivity contribution in [3.05, 3.63) is 54.2 Å². The maximum absolute atomic E-state index is 13.0. The van der Waals surface area contributed by atoms with E-state index in [0.717, 1.165) is 38.2 Å². The number of piperidine rings is 1. The van der Waals surface area contributed by atoms with Crippen LogP contribution in [0, 0.1) is 0 Å². The lowest BCUT2D eigenvalue weighted by molar-refractivity contribution is 0.311. The molecule has 0 saturated carbocycles. The molecular weight excluding hydrogens is 358 g/mol. The lowest BCUT2D eigenvalue weighted by Gasteiger charge is -2.36. The van der Waals surface area contributed by atoms with Crippen LogP contribution in [0.25, 0.3) is 0 Å². The number of sulfonamides is 1. The zero-order chi connectivity index (χ0) is 19.4. The fourth-order valence-electron chi connectivity index (χ4n) is 3.57. The fourth-order valence-corrected chi connectivity index (χ4v) is 4.98. The standard InChI is InChI=1S/C21H29N3O2S/c1-4-17(2)18-8-10-20(11-9-18)27(25,26)23(3)19-12-15-24(16-13-19)21-7-5-6-14-22-21/h5-11,14,17,19H,4,12-13,15-16H2,1-3H3/t17-/m0/s1. The molecule has 3 rings (SSSR count). The molecule has 27 heavy (non-hydrogen) atoms. The van der Waals surface area contributed by atoms with Crippen LogP contribution in [0.2, 0.25) is 0 Å². The quantitative estimate of drug-likeness (QED) is 0.755. The number of benzene rings is 1. The van der Waals surface area contributed by atoms with Gasteiger partial charge in [-0.3, -0.25) is 0 Å². The third-order valence-corrected chi connectivity index (χ3v) is 7.61. The minimum Gasteiger partial charge on any atom is -0.357 e. The Morgan fingerprint density at radius 2 is 1.81 bits per heavy atom. The molecule has 0 aliphatic carbocycles. The first kappa shape index (κ1) is 19.8. The van der Waals surface area contributed by atoms with Crippen molar-refractivity contribution in [1.82, 2.24) is 9.29 Å². The Bertz CT molecular complexity index is 829. The molecule has 0 spiro atoms. The first-order valence-corrected chi connectivity index (χ1v) is 11.1. The van der Waals surface area contributed by atoms with Crippen LogP contribution in [0.4, 0.5) is 5.82 Å². The summed E-state index contributed by atoms with van der Waals surface area (Å²) in [5.74, 6) is 1.40. The molecule has 2 aromatic rings. The Morgan fingerprint density at radius 3 is 2.37 bits per heavy atom. The maximum atomic E-state index is 13.0. The van der Waals surface area contributed by atoms with E-state index in [9.17, 15) is 8.42 Å². The molecule has 1 aliphatic heterocycles. The molecule has 1 fully saturated rings. The van der Waals surface area contributed by atoms with Crippen LogP contribution in [0.15, 0.2) is 53.6 Å². The summed E-state index contributed by atoms with van der Waals surface area (Å²) in [5, 5.41) is 0. The largest absolute Gasteiger partial charge is 0.357 e. The topological polar surface area (TPSA) is 53.5 Å². The van der Waals surface area contributed by atoms with Gasteiger partial charge < -0.3 is 4.90 Å². The van der Waals surface area contributed by atoms with Crippen molar-refractivity contribution in [2.75, 3.05) is 25.0 Å². The molecule has 6 heteroatoms. The highest BCUT2D eigenvalue weighted by Crippen LogP contribution is 2.26. The van der Waals surface area contributed by atoms with Crippen molar-refractivity contribution in [2.24, 2.45) is 0 Å². The van der Waals surface area contributed by atoms with Crippen molar-refractivity contribution < 1.29 is 8.42 Å². The van der Waals surface area contributed by atoms with Gasteiger partial charge in [-0.1, -0.05) is 32.0 Å². The van der Waals surface area contributed by atoms with E-state index in [-0.39, 0.29) is 6.04 Å². The predicted octanol–water partition coefficient (Wildman–Crippen LogP) is 3.88. The highest BCUT2D eigenvalue weighted by molar-refractivity contribution is 7.89. The normalized spacial score (nSPS) is 17.3. The number of rotatable bonds is 6. The number of hydrogen-bond acceptors (Lipinski definition) is 4. The Hall–Kier alpha value is -1.92. The molecule has 1 aliphatic rings. The van der Waals surface area contributed by atoms with Gasteiger partial charge >= 0.3 is 0 Å². The number of hydrogen-bond donors (Lipinski definition) is 0. The average molecular weight is 388 g/mol. The SMILES string of the molecule is CC[C@H](C)c1ccc(S(=O)(=O)N(C)C2CCN(c3ccccn3)CC2)cc1. The second-order valence-corrected chi connectivity index (χ2v) is 9.30. The van der Waals surface area contributed by atoms with Crippen LogP contribution in [-0.4, -0.2) is 43.9 Å². The summed E-state index contributed by atoms with van der Waals surface area (Å²) < 4.78 is 27.6. The van der Waals surface area contributed by atoms with Crippen molar-refractivity contribution in [1.29, 1.82) is 0 Å². The van der Waals surface area contributed by atoms with Gasteiger partial charge in [0.2, 0.25) is 10.0 Å². The second-order valence-electron chi connectivity index (χ2n) is 7.31. The Balaban J connectivity index is 1.67. The summed E-state index contributed by atoms with van der Waals surface area (Å²) in [4.78, 5) is 6.99. The van der Waals surface area contributed by atoms with E-state index in [2.05, 4.69) is 23.7 Å². The maximum Gasteiger partial charge on any atom is 0.243 e. The van der Waals surface area contributed by atoms with E-state index < -0.39 is 10.0 Å². The van der Waals surface area contributed by atoms with Crippen molar-refractivity contribution in [3.63, 3.8) is 0 Å². The predicted molar refractivity (Wildman–Crippen MR) is 110 cm³/mol. The third-order valence-electron chi connectivity index (χ3n) is 5.69. The minimum atomic E-state index is -3.47. The first-order chi connectivity index (χ1) is 12.9. The zero-order valence-electron chi connectivity index (χ0n) is 16.4. The molecule has 0 radical (unpaired) electrons.